The van der Waals surface area contributed by atoms with E-state index in [1.165, 1.54) is 4.90 Å². The normalized spacial score (nSPS) is 14.4. The molecule has 2 N–H and O–H groups in total. The summed E-state index contributed by atoms with van der Waals surface area (Å²) in [5.74, 6) is -0.502. The van der Waals surface area contributed by atoms with E-state index in [0.29, 0.717) is 32.2 Å². The zero-order valence-corrected chi connectivity index (χ0v) is 10.1. The SMILES string of the molecule is CCOCCNC(=O)N(CC(=O)O)CC1CC1. The van der Waals surface area contributed by atoms with Crippen molar-refractivity contribution in [2.75, 3.05) is 32.8 Å². The van der Waals surface area contributed by atoms with Crippen LogP contribution in [0, 0.1) is 5.92 Å². The van der Waals surface area contributed by atoms with E-state index in [1.54, 1.807) is 0 Å². The maximum atomic E-state index is 11.7. The van der Waals surface area contributed by atoms with Crippen LogP contribution in [0.5, 0.6) is 0 Å². The lowest BCUT2D eigenvalue weighted by Gasteiger charge is -2.20. The van der Waals surface area contributed by atoms with Crippen LogP contribution in [0.3, 0.4) is 0 Å². The minimum Gasteiger partial charge on any atom is -0.480 e. The first kappa shape index (κ1) is 13.8. The third kappa shape index (κ3) is 6.11. The molecular formula is C11H20N2O4. The molecule has 0 heterocycles. The number of rotatable bonds is 8. The Hall–Kier alpha value is -1.30. The third-order valence-corrected chi connectivity index (χ3v) is 2.52. The number of amides is 2. The molecule has 1 fully saturated rings. The van der Waals surface area contributed by atoms with Crippen molar-refractivity contribution < 1.29 is 19.4 Å². The van der Waals surface area contributed by atoms with Gasteiger partial charge in [-0.1, -0.05) is 0 Å². The minimum absolute atomic E-state index is 0.239. The number of ether oxygens (including phenoxy) is 1. The Labute approximate surface area is 101 Å². The summed E-state index contributed by atoms with van der Waals surface area (Å²) in [6.07, 6.45) is 2.17. The highest BCUT2D eigenvalue weighted by molar-refractivity contribution is 5.80. The summed E-state index contributed by atoms with van der Waals surface area (Å²) in [7, 11) is 0. The number of hydrogen-bond donors (Lipinski definition) is 2. The summed E-state index contributed by atoms with van der Waals surface area (Å²) in [5.41, 5.74) is 0. The lowest BCUT2D eigenvalue weighted by Crippen LogP contribution is -2.44. The molecule has 6 nitrogen and oxygen atoms in total. The van der Waals surface area contributed by atoms with E-state index in [9.17, 15) is 9.59 Å². The van der Waals surface area contributed by atoms with Gasteiger partial charge in [-0.3, -0.25) is 4.79 Å². The second-order valence-corrected chi connectivity index (χ2v) is 4.15. The molecule has 17 heavy (non-hydrogen) atoms. The van der Waals surface area contributed by atoms with Gasteiger partial charge in [0.1, 0.15) is 6.54 Å². The Kier molecular flexibility index (Phi) is 5.76. The maximum Gasteiger partial charge on any atom is 0.323 e. The van der Waals surface area contributed by atoms with Crippen molar-refractivity contribution in [3.8, 4) is 0 Å². The number of carbonyl (C=O) groups excluding carboxylic acids is 1. The Morgan fingerprint density at radius 2 is 2.18 bits per heavy atom. The summed E-state index contributed by atoms with van der Waals surface area (Å²) < 4.78 is 5.09. The molecule has 0 unspecified atom stereocenters. The van der Waals surface area contributed by atoms with Crippen molar-refractivity contribution in [2.45, 2.75) is 19.8 Å². The maximum absolute atomic E-state index is 11.7. The van der Waals surface area contributed by atoms with Crippen LogP contribution in [0.2, 0.25) is 0 Å². The first-order chi connectivity index (χ1) is 8.13. The number of nitrogens with zero attached hydrogens (tertiary/aromatic N) is 1. The number of hydrogen-bond acceptors (Lipinski definition) is 3. The molecule has 98 valence electrons. The Bertz CT molecular complexity index is 266. The first-order valence-corrected chi connectivity index (χ1v) is 5.95. The molecule has 0 saturated heterocycles. The number of carboxylic acids is 1. The quantitative estimate of drug-likeness (QED) is 0.610. The van der Waals surface area contributed by atoms with Crippen LogP contribution in [0.4, 0.5) is 4.79 Å². The van der Waals surface area contributed by atoms with Crippen LogP contribution in [-0.4, -0.2) is 54.9 Å². The number of carbonyl (C=O) groups is 2. The van der Waals surface area contributed by atoms with Gasteiger partial charge in [-0.05, 0) is 25.7 Å². The number of urea groups is 1. The fraction of sp³-hybridized carbons (Fsp3) is 0.818. The molecule has 1 aliphatic rings. The van der Waals surface area contributed by atoms with E-state index in [-0.39, 0.29) is 12.6 Å². The van der Waals surface area contributed by atoms with E-state index in [0.717, 1.165) is 12.8 Å². The number of carboxylic acid groups (broad SMARTS) is 1. The Morgan fingerprint density at radius 3 is 2.71 bits per heavy atom. The molecule has 0 bridgehead atoms. The highest BCUT2D eigenvalue weighted by Gasteiger charge is 2.27. The van der Waals surface area contributed by atoms with Gasteiger partial charge in [0.25, 0.3) is 0 Å². The molecule has 0 aliphatic heterocycles. The van der Waals surface area contributed by atoms with Gasteiger partial charge < -0.3 is 20.1 Å². The number of aliphatic carboxylic acids is 1. The largest absolute Gasteiger partial charge is 0.480 e. The van der Waals surface area contributed by atoms with Crippen LogP contribution in [0.15, 0.2) is 0 Å². The molecule has 1 rings (SSSR count). The summed E-state index contributed by atoms with van der Waals surface area (Å²) in [6.45, 7) is 3.65. The van der Waals surface area contributed by atoms with E-state index in [1.807, 2.05) is 6.92 Å². The van der Waals surface area contributed by atoms with Crippen molar-refractivity contribution in [2.24, 2.45) is 5.92 Å². The van der Waals surface area contributed by atoms with Crippen LogP contribution in [-0.2, 0) is 9.53 Å². The van der Waals surface area contributed by atoms with Crippen molar-refractivity contribution in [3.05, 3.63) is 0 Å². The average Bonchev–Trinajstić information content (AvgIpc) is 3.06. The van der Waals surface area contributed by atoms with Gasteiger partial charge >= 0.3 is 12.0 Å². The third-order valence-electron chi connectivity index (χ3n) is 2.52. The van der Waals surface area contributed by atoms with Crippen molar-refractivity contribution in [1.82, 2.24) is 10.2 Å². The first-order valence-electron chi connectivity index (χ1n) is 5.95. The average molecular weight is 244 g/mol. The van der Waals surface area contributed by atoms with E-state index in [4.69, 9.17) is 9.84 Å². The molecule has 1 aliphatic carbocycles. The van der Waals surface area contributed by atoms with Gasteiger partial charge in [0.15, 0.2) is 0 Å². The highest BCUT2D eigenvalue weighted by atomic mass is 16.5. The smallest absolute Gasteiger partial charge is 0.323 e. The monoisotopic (exact) mass is 244 g/mol. The van der Waals surface area contributed by atoms with Gasteiger partial charge in [0, 0.05) is 19.7 Å². The van der Waals surface area contributed by atoms with Crippen LogP contribution >= 0.6 is 0 Å². The Morgan fingerprint density at radius 1 is 1.47 bits per heavy atom. The van der Waals surface area contributed by atoms with Gasteiger partial charge in [-0.25, -0.2) is 4.79 Å². The second-order valence-electron chi connectivity index (χ2n) is 4.15. The van der Waals surface area contributed by atoms with Gasteiger partial charge in [0.2, 0.25) is 0 Å². The van der Waals surface area contributed by atoms with Crippen LogP contribution in [0.25, 0.3) is 0 Å². The predicted octanol–water partition coefficient (Wildman–Crippen LogP) is 0.529. The van der Waals surface area contributed by atoms with Gasteiger partial charge in [-0.2, -0.15) is 0 Å². The van der Waals surface area contributed by atoms with Gasteiger partial charge in [-0.15, -0.1) is 0 Å². The number of nitrogens with one attached hydrogen (secondary N) is 1. The fourth-order valence-corrected chi connectivity index (χ4v) is 1.48. The molecule has 2 amide bonds. The lowest BCUT2D eigenvalue weighted by molar-refractivity contribution is -0.137. The van der Waals surface area contributed by atoms with Crippen molar-refractivity contribution in [3.63, 3.8) is 0 Å². The highest BCUT2D eigenvalue weighted by Crippen LogP contribution is 2.29. The van der Waals surface area contributed by atoms with Crippen LogP contribution in [0.1, 0.15) is 19.8 Å². The van der Waals surface area contributed by atoms with E-state index < -0.39 is 5.97 Å². The summed E-state index contributed by atoms with van der Waals surface area (Å²) in [4.78, 5) is 23.7. The standard InChI is InChI=1S/C11H20N2O4/c1-2-17-6-5-12-11(16)13(8-10(14)15)7-9-3-4-9/h9H,2-8H2,1H3,(H,12,16)(H,14,15). The molecule has 6 heteroatoms. The van der Waals surface area contributed by atoms with Crippen LogP contribution < -0.4 is 5.32 Å². The molecule has 0 radical (unpaired) electrons. The van der Waals surface area contributed by atoms with Gasteiger partial charge in [0.05, 0.1) is 6.61 Å². The summed E-state index contributed by atoms with van der Waals surface area (Å²) in [5, 5.41) is 11.4. The van der Waals surface area contributed by atoms with E-state index >= 15 is 0 Å². The topological polar surface area (TPSA) is 78.9 Å². The summed E-state index contributed by atoms with van der Waals surface area (Å²) >= 11 is 0. The Balaban J connectivity index is 2.27. The molecule has 0 spiro atoms. The molecule has 0 aromatic carbocycles. The predicted molar refractivity (Wildman–Crippen MR) is 61.8 cm³/mol. The molecule has 0 atom stereocenters. The van der Waals surface area contributed by atoms with Crippen molar-refractivity contribution >= 4 is 12.0 Å². The van der Waals surface area contributed by atoms with E-state index in [2.05, 4.69) is 5.32 Å². The molecule has 0 aromatic rings. The summed E-state index contributed by atoms with van der Waals surface area (Å²) in [6, 6.07) is -0.320. The second kappa shape index (κ2) is 7.11. The molecule has 0 aromatic heterocycles. The minimum atomic E-state index is -0.981. The molecular weight excluding hydrogens is 224 g/mol. The zero-order valence-electron chi connectivity index (χ0n) is 10.1. The molecule has 1 saturated carbocycles. The lowest BCUT2D eigenvalue weighted by atomic mass is 10.3. The zero-order chi connectivity index (χ0) is 12.7. The van der Waals surface area contributed by atoms with Crippen molar-refractivity contribution in [1.29, 1.82) is 0 Å². The fourth-order valence-electron chi connectivity index (χ4n) is 1.48.